The van der Waals surface area contributed by atoms with Crippen LogP contribution in [0.3, 0.4) is 0 Å². The Hall–Kier alpha value is -3.92. The fourth-order valence-corrected chi connectivity index (χ4v) is 4.40. The number of nitrogens with one attached hydrogen (secondary N) is 3. The Labute approximate surface area is 242 Å². The third-order valence-corrected chi connectivity index (χ3v) is 6.94. The van der Waals surface area contributed by atoms with Gasteiger partial charge in [0.05, 0.1) is 12.1 Å². The van der Waals surface area contributed by atoms with Crippen LogP contribution < -0.4 is 21.7 Å². The fraction of sp³-hybridized carbons (Fsp3) is 0.484. The largest absolute Gasteiger partial charge is 0.445 e. The lowest BCUT2D eigenvalue weighted by atomic mass is 9.85. The first-order chi connectivity index (χ1) is 19.4. The smallest absolute Gasteiger partial charge is 0.408 e. The topological polar surface area (TPSA) is 160 Å². The molecule has 2 aromatic rings. The summed E-state index contributed by atoms with van der Waals surface area (Å²) in [5.41, 5.74) is 7.16. The summed E-state index contributed by atoms with van der Waals surface area (Å²) < 4.78 is 5.21. The zero-order valence-corrected chi connectivity index (χ0v) is 24.5. The lowest BCUT2D eigenvalue weighted by Gasteiger charge is -2.31. The van der Waals surface area contributed by atoms with Crippen LogP contribution in [0.2, 0.25) is 0 Å². The second-order valence-corrected chi connectivity index (χ2v) is 11.0. The second-order valence-electron chi connectivity index (χ2n) is 11.0. The number of carbonyl (C=O) groups excluding carboxylic acids is 4. The van der Waals surface area contributed by atoms with Crippen molar-refractivity contribution in [3.05, 3.63) is 71.8 Å². The molecule has 0 spiro atoms. The number of ether oxygens (including phenoxy) is 1. The lowest BCUT2D eigenvalue weighted by molar-refractivity contribution is -0.132. The number of hydrogen-bond donors (Lipinski definition) is 5. The molecule has 2 rings (SSSR count). The monoisotopic (exact) mass is 568 g/mol. The number of nitrogens with two attached hydrogens (primary N) is 1. The summed E-state index contributed by atoms with van der Waals surface area (Å²) in [5, 5.41) is 19.4. The van der Waals surface area contributed by atoms with E-state index in [1.807, 2.05) is 74.5 Å². The number of hydrogen-bond acceptors (Lipinski definition) is 6. The molecule has 0 saturated heterocycles. The molecule has 41 heavy (non-hydrogen) atoms. The van der Waals surface area contributed by atoms with Crippen LogP contribution in [0, 0.1) is 17.8 Å². The second kappa shape index (κ2) is 16.4. The Morgan fingerprint density at radius 1 is 0.780 bits per heavy atom. The van der Waals surface area contributed by atoms with Gasteiger partial charge in [-0.15, -0.1) is 0 Å². The highest BCUT2D eigenvalue weighted by atomic mass is 16.5. The van der Waals surface area contributed by atoms with Crippen molar-refractivity contribution < 1.29 is 29.0 Å². The minimum absolute atomic E-state index is 0.0335. The number of rotatable bonds is 15. The summed E-state index contributed by atoms with van der Waals surface area (Å²) in [5.74, 6) is -2.55. The van der Waals surface area contributed by atoms with Crippen molar-refractivity contribution in [3.8, 4) is 0 Å². The van der Waals surface area contributed by atoms with Crippen LogP contribution in [0.5, 0.6) is 0 Å². The number of carbonyl (C=O) groups is 4. The highest BCUT2D eigenvalue weighted by Gasteiger charge is 2.33. The molecule has 0 aliphatic heterocycles. The number of aliphatic hydroxyl groups is 1. The molecule has 0 unspecified atom stereocenters. The summed E-state index contributed by atoms with van der Waals surface area (Å²) in [4.78, 5) is 50.4. The normalized spacial score (nSPS) is 14.8. The van der Waals surface area contributed by atoms with Crippen molar-refractivity contribution in [2.45, 2.75) is 78.3 Å². The van der Waals surface area contributed by atoms with Gasteiger partial charge in [0.1, 0.15) is 18.7 Å². The van der Waals surface area contributed by atoms with Crippen molar-refractivity contribution >= 4 is 23.8 Å². The molecule has 5 atom stereocenters. The molecule has 4 amide bonds. The van der Waals surface area contributed by atoms with Crippen LogP contribution in [-0.2, 0) is 32.1 Å². The van der Waals surface area contributed by atoms with Gasteiger partial charge in [0.15, 0.2) is 0 Å². The molecule has 0 aromatic heterocycles. The molecule has 0 aliphatic carbocycles. The first kappa shape index (κ1) is 33.3. The fourth-order valence-electron chi connectivity index (χ4n) is 4.40. The maximum absolute atomic E-state index is 13.2. The first-order valence-corrected chi connectivity index (χ1v) is 14.0. The maximum Gasteiger partial charge on any atom is 0.408 e. The Morgan fingerprint density at radius 3 is 1.85 bits per heavy atom. The molecule has 0 aliphatic rings. The third-order valence-electron chi connectivity index (χ3n) is 6.94. The van der Waals surface area contributed by atoms with Crippen LogP contribution in [0.4, 0.5) is 4.79 Å². The van der Waals surface area contributed by atoms with Gasteiger partial charge < -0.3 is 31.5 Å². The van der Waals surface area contributed by atoms with Gasteiger partial charge in [0.2, 0.25) is 17.7 Å². The van der Waals surface area contributed by atoms with Gasteiger partial charge in [-0.2, -0.15) is 0 Å². The zero-order chi connectivity index (χ0) is 30.5. The summed E-state index contributed by atoms with van der Waals surface area (Å²) >= 11 is 0. The van der Waals surface area contributed by atoms with Gasteiger partial charge in [0.25, 0.3) is 0 Å². The van der Waals surface area contributed by atoms with Crippen LogP contribution >= 0.6 is 0 Å². The SMILES string of the molecule is CC(C)[C@H](NC(=O)[C@H](C[C@H](O)[C@H](Cc1ccccc1)NC(=O)[C@H](C)NC(=O)OCc1ccccc1)C(C)C)C(N)=O. The Morgan fingerprint density at radius 2 is 1.34 bits per heavy atom. The molecule has 0 radical (unpaired) electrons. The van der Waals surface area contributed by atoms with Gasteiger partial charge in [-0.25, -0.2) is 4.79 Å². The average molecular weight is 569 g/mol. The predicted molar refractivity (Wildman–Crippen MR) is 156 cm³/mol. The van der Waals surface area contributed by atoms with E-state index >= 15 is 0 Å². The van der Waals surface area contributed by atoms with Crippen molar-refractivity contribution in [2.24, 2.45) is 23.5 Å². The molecular weight excluding hydrogens is 524 g/mol. The quantitative estimate of drug-likeness (QED) is 0.222. The molecule has 6 N–H and O–H groups in total. The Bertz CT molecular complexity index is 1130. The van der Waals surface area contributed by atoms with E-state index in [9.17, 15) is 24.3 Å². The summed E-state index contributed by atoms with van der Waals surface area (Å²) in [6.07, 6.45) is -1.53. The zero-order valence-electron chi connectivity index (χ0n) is 24.5. The van der Waals surface area contributed by atoms with E-state index in [4.69, 9.17) is 10.5 Å². The molecule has 0 bridgehead atoms. The standard InChI is InChI=1S/C31H44N4O6/c1-19(2)24(30(39)35-27(20(3)4)28(32)37)17-26(36)25(16-22-12-8-6-9-13-22)34-29(38)21(5)33-31(40)41-18-23-14-10-7-11-15-23/h6-15,19-21,24-27,36H,16-18H2,1-5H3,(H2,32,37)(H,33,40)(H,34,38)(H,35,39)/t21-,24+,25-,26-,27-/m0/s1. The number of benzene rings is 2. The van der Waals surface area contributed by atoms with Crippen molar-refractivity contribution in [2.75, 3.05) is 0 Å². The minimum atomic E-state index is -1.11. The van der Waals surface area contributed by atoms with Gasteiger partial charge in [-0.3, -0.25) is 14.4 Å². The number of amides is 4. The molecule has 0 saturated carbocycles. The van der Waals surface area contributed by atoms with Crippen molar-refractivity contribution in [3.63, 3.8) is 0 Å². The summed E-state index contributed by atoms with van der Waals surface area (Å²) in [7, 11) is 0. The van der Waals surface area contributed by atoms with Crippen LogP contribution in [0.1, 0.15) is 52.2 Å². The molecule has 10 nitrogen and oxygen atoms in total. The van der Waals surface area contributed by atoms with E-state index < -0.39 is 54.0 Å². The van der Waals surface area contributed by atoms with Gasteiger partial charge in [0, 0.05) is 5.92 Å². The van der Waals surface area contributed by atoms with E-state index in [1.165, 1.54) is 6.92 Å². The molecule has 2 aromatic carbocycles. The number of alkyl carbamates (subject to hydrolysis) is 1. The number of aliphatic hydroxyl groups excluding tert-OH is 1. The van der Waals surface area contributed by atoms with Crippen LogP contribution in [0.25, 0.3) is 0 Å². The average Bonchev–Trinajstić information content (AvgIpc) is 2.93. The van der Waals surface area contributed by atoms with E-state index in [2.05, 4.69) is 16.0 Å². The molecule has 224 valence electrons. The van der Waals surface area contributed by atoms with Gasteiger partial charge in [-0.1, -0.05) is 88.4 Å². The molecule has 0 fully saturated rings. The lowest BCUT2D eigenvalue weighted by Crippen LogP contribution is -2.54. The van der Waals surface area contributed by atoms with Gasteiger partial charge in [-0.05, 0) is 42.7 Å². The minimum Gasteiger partial charge on any atom is -0.445 e. The van der Waals surface area contributed by atoms with Crippen molar-refractivity contribution in [1.82, 2.24) is 16.0 Å². The van der Waals surface area contributed by atoms with E-state index in [0.29, 0.717) is 6.42 Å². The summed E-state index contributed by atoms with van der Waals surface area (Å²) in [6, 6.07) is 15.9. The molecule has 0 heterocycles. The van der Waals surface area contributed by atoms with Crippen LogP contribution in [-0.4, -0.2) is 53.2 Å². The maximum atomic E-state index is 13.2. The Kier molecular flexibility index (Phi) is 13.3. The highest BCUT2D eigenvalue weighted by Crippen LogP contribution is 2.21. The molecular formula is C31H44N4O6. The van der Waals surface area contributed by atoms with Crippen molar-refractivity contribution in [1.29, 1.82) is 0 Å². The van der Waals surface area contributed by atoms with E-state index in [0.717, 1.165) is 11.1 Å². The Balaban J connectivity index is 2.11. The number of primary amides is 1. The first-order valence-electron chi connectivity index (χ1n) is 14.0. The third kappa shape index (κ3) is 11.2. The van der Waals surface area contributed by atoms with Gasteiger partial charge >= 0.3 is 6.09 Å². The van der Waals surface area contributed by atoms with Crippen LogP contribution in [0.15, 0.2) is 60.7 Å². The summed E-state index contributed by atoms with van der Waals surface area (Å²) in [6.45, 7) is 8.85. The molecule has 10 heteroatoms. The van der Waals surface area contributed by atoms with E-state index in [1.54, 1.807) is 13.8 Å². The highest BCUT2D eigenvalue weighted by molar-refractivity contribution is 5.88. The predicted octanol–water partition coefficient (Wildman–Crippen LogP) is 2.68. The van der Waals surface area contributed by atoms with E-state index in [-0.39, 0.29) is 24.9 Å².